The van der Waals surface area contributed by atoms with Gasteiger partial charge in [-0.1, -0.05) is 37.3 Å². The number of hydrogen-bond donors (Lipinski definition) is 1. The van der Waals surface area contributed by atoms with Crippen molar-refractivity contribution in [1.82, 2.24) is 15.2 Å². The van der Waals surface area contributed by atoms with Gasteiger partial charge in [-0.3, -0.25) is 9.69 Å². The first-order valence-electron chi connectivity index (χ1n) is 11.3. The lowest BCUT2D eigenvalue weighted by Gasteiger charge is -2.32. The standard InChI is InChI=1S/C24H32ClN3O2/c1-17-22(27-24(30-17)18-10-12-20(25)13-11-18)16-28-14-6-7-19(15-28)23(29)26-21-8-4-2-3-5-9-21/h10-13,19,21H,2-9,14-16H2,1H3,(H,26,29)/t19-/m0/s1. The van der Waals surface area contributed by atoms with E-state index in [4.69, 9.17) is 21.0 Å². The maximum Gasteiger partial charge on any atom is 0.226 e. The van der Waals surface area contributed by atoms with Crippen LogP contribution in [-0.2, 0) is 11.3 Å². The van der Waals surface area contributed by atoms with E-state index in [0.717, 1.165) is 62.3 Å². The van der Waals surface area contributed by atoms with Gasteiger partial charge in [-0.2, -0.15) is 0 Å². The number of carbonyl (C=O) groups excluding carboxylic acids is 1. The van der Waals surface area contributed by atoms with Gasteiger partial charge in [0.15, 0.2) is 0 Å². The van der Waals surface area contributed by atoms with E-state index < -0.39 is 0 Å². The second-order valence-electron chi connectivity index (χ2n) is 8.80. The number of benzene rings is 1. The number of piperidine rings is 1. The van der Waals surface area contributed by atoms with Crippen molar-refractivity contribution in [2.75, 3.05) is 13.1 Å². The maximum atomic E-state index is 12.9. The lowest BCUT2D eigenvalue weighted by atomic mass is 9.96. The Hall–Kier alpha value is -1.85. The smallest absolute Gasteiger partial charge is 0.226 e. The monoisotopic (exact) mass is 429 g/mol. The predicted molar refractivity (Wildman–Crippen MR) is 119 cm³/mol. The van der Waals surface area contributed by atoms with Crippen LogP contribution in [-0.4, -0.2) is 34.9 Å². The second kappa shape index (κ2) is 9.97. The fourth-order valence-corrected chi connectivity index (χ4v) is 4.78. The summed E-state index contributed by atoms with van der Waals surface area (Å²) in [6.07, 6.45) is 9.37. The topological polar surface area (TPSA) is 58.4 Å². The zero-order chi connectivity index (χ0) is 20.9. The average Bonchev–Trinajstić information content (AvgIpc) is 2.93. The molecule has 2 aliphatic rings. The van der Waals surface area contributed by atoms with E-state index in [9.17, 15) is 4.79 Å². The van der Waals surface area contributed by atoms with Gasteiger partial charge in [-0.15, -0.1) is 0 Å². The van der Waals surface area contributed by atoms with Crippen molar-refractivity contribution in [3.63, 3.8) is 0 Å². The molecule has 0 bridgehead atoms. The van der Waals surface area contributed by atoms with Gasteiger partial charge in [0.2, 0.25) is 11.8 Å². The highest BCUT2D eigenvalue weighted by atomic mass is 35.5. The molecule has 0 spiro atoms. The van der Waals surface area contributed by atoms with E-state index in [1.54, 1.807) is 0 Å². The molecular formula is C24H32ClN3O2. The number of carbonyl (C=O) groups is 1. The van der Waals surface area contributed by atoms with Crippen LogP contribution < -0.4 is 5.32 Å². The van der Waals surface area contributed by atoms with Crippen LogP contribution in [0.15, 0.2) is 28.7 Å². The number of aromatic nitrogens is 1. The third-order valence-corrected chi connectivity index (χ3v) is 6.69. The largest absolute Gasteiger partial charge is 0.441 e. The van der Waals surface area contributed by atoms with E-state index in [-0.39, 0.29) is 11.8 Å². The molecule has 5 nitrogen and oxygen atoms in total. The minimum absolute atomic E-state index is 0.0740. The third kappa shape index (κ3) is 5.44. The molecular weight excluding hydrogens is 398 g/mol. The molecule has 1 saturated heterocycles. The lowest BCUT2D eigenvalue weighted by molar-refractivity contribution is -0.127. The SMILES string of the molecule is Cc1oc(-c2ccc(Cl)cc2)nc1CN1CCC[C@H](C(=O)NC2CCCCCC2)C1. The number of aryl methyl sites for hydroxylation is 1. The third-order valence-electron chi connectivity index (χ3n) is 6.44. The Labute approximate surface area is 184 Å². The first-order valence-corrected chi connectivity index (χ1v) is 11.7. The van der Waals surface area contributed by atoms with Crippen molar-refractivity contribution < 1.29 is 9.21 Å². The number of rotatable bonds is 5. The Morgan fingerprint density at radius 2 is 1.87 bits per heavy atom. The Morgan fingerprint density at radius 1 is 1.13 bits per heavy atom. The second-order valence-corrected chi connectivity index (χ2v) is 9.24. The minimum atomic E-state index is 0.0740. The number of amides is 1. The van der Waals surface area contributed by atoms with Crippen LogP contribution in [0.3, 0.4) is 0 Å². The summed E-state index contributed by atoms with van der Waals surface area (Å²) >= 11 is 5.98. The minimum Gasteiger partial charge on any atom is -0.441 e. The van der Waals surface area contributed by atoms with E-state index in [0.29, 0.717) is 17.0 Å². The quantitative estimate of drug-likeness (QED) is 0.650. The fraction of sp³-hybridized carbons (Fsp3) is 0.583. The zero-order valence-corrected chi connectivity index (χ0v) is 18.6. The molecule has 2 heterocycles. The molecule has 1 atom stereocenters. The molecule has 6 heteroatoms. The van der Waals surface area contributed by atoms with Gasteiger partial charge in [0, 0.05) is 29.7 Å². The molecule has 1 aromatic carbocycles. The molecule has 0 unspecified atom stereocenters. The number of nitrogens with one attached hydrogen (secondary N) is 1. The highest BCUT2D eigenvalue weighted by molar-refractivity contribution is 6.30. The molecule has 1 N–H and O–H groups in total. The number of likely N-dealkylation sites (tertiary alicyclic amines) is 1. The summed E-state index contributed by atoms with van der Waals surface area (Å²) in [6, 6.07) is 7.91. The van der Waals surface area contributed by atoms with Gasteiger partial charge in [-0.25, -0.2) is 4.98 Å². The van der Waals surface area contributed by atoms with Crippen molar-refractivity contribution in [2.24, 2.45) is 5.92 Å². The molecule has 4 rings (SSSR count). The molecule has 1 amide bonds. The van der Waals surface area contributed by atoms with Gasteiger partial charge >= 0.3 is 0 Å². The summed E-state index contributed by atoms with van der Waals surface area (Å²) in [5, 5.41) is 4.04. The Balaban J connectivity index is 1.35. The maximum absolute atomic E-state index is 12.9. The van der Waals surface area contributed by atoms with Gasteiger partial charge < -0.3 is 9.73 Å². The lowest BCUT2D eigenvalue weighted by Crippen LogP contribution is -2.45. The molecule has 2 aromatic rings. The van der Waals surface area contributed by atoms with Crippen LogP contribution >= 0.6 is 11.6 Å². The summed E-state index contributed by atoms with van der Waals surface area (Å²) in [5.41, 5.74) is 1.87. The van der Waals surface area contributed by atoms with Crippen LogP contribution in [0.25, 0.3) is 11.5 Å². The van der Waals surface area contributed by atoms with Crippen molar-refractivity contribution in [3.8, 4) is 11.5 Å². The van der Waals surface area contributed by atoms with Crippen LogP contribution in [0.1, 0.15) is 62.8 Å². The van der Waals surface area contributed by atoms with Crippen molar-refractivity contribution in [1.29, 1.82) is 0 Å². The molecule has 2 fully saturated rings. The number of halogens is 1. The summed E-state index contributed by atoms with van der Waals surface area (Å²) in [5.74, 6) is 1.78. The van der Waals surface area contributed by atoms with Gasteiger partial charge in [0.25, 0.3) is 0 Å². The van der Waals surface area contributed by atoms with E-state index in [2.05, 4.69) is 10.2 Å². The fourth-order valence-electron chi connectivity index (χ4n) is 4.66. The van der Waals surface area contributed by atoms with Crippen molar-refractivity contribution in [2.45, 2.75) is 70.9 Å². The first-order chi connectivity index (χ1) is 14.6. The molecule has 1 aliphatic carbocycles. The zero-order valence-electron chi connectivity index (χ0n) is 17.8. The molecule has 1 aliphatic heterocycles. The summed E-state index contributed by atoms with van der Waals surface area (Å²) in [6.45, 7) is 4.47. The Kier molecular flexibility index (Phi) is 7.11. The summed E-state index contributed by atoms with van der Waals surface area (Å²) < 4.78 is 5.91. The highest BCUT2D eigenvalue weighted by Gasteiger charge is 2.28. The highest BCUT2D eigenvalue weighted by Crippen LogP contribution is 2.26. The number of hydrogen-bond acceptors (Lipinski definition) is 4. The van der Waals surface area contributed by atoms with E-state index >= 15 is 0 Å². The number of oxazole rings is 1. The normalized spacial score (nSPS) is 21.3. The predicted octanol–water partition coefficient (Wildman–Crippen LogP) is 5.35. The van der Waals surface area contributed by atoms with Crippen LogP contribution in [0, 0.1) is 12.8 Å². The van der Waals surface area contributed by atoms with Crippen molar-refractivity contribution in [3.05, 3.63) is 40.7 Å². The van der Waals surface area contributed by atoms with E-state index in [1.807, 2.05) is 31.2 Å². The summed E-state index contributed by atoms with van der Waals surface area (Å²) in [7, 11) is 0. The average molecular weight is 430 g/mol. The molecule has 1 aromatic heterocycles. The number of nitrogens with zero attached hydrogens (tertiary/aromatic N) is 2. The molecule has 0 radical (unpaired) electrons. The molecule has 162 valence electrons. The van der Waals surface area contributed by atoms with Crippen LogP contribution in [0.2, 0.25) is 5.02 Å². The van der Waals surface area contributed by atoms with Gasteiger partial charge in [0.05, 0.1) is 11.6 Å². The van der Waals surface area contributed by atoms with Crippen LogP contribution in [0.4, 0.5) is 0 Å². The molecule has 1 saturated carbocycles. The van der Waals surface area contributed by atoms with Crippen LogP contribution in [0.5, 0.6) is 0 Å². The van der Waals surface area contributed by atoms with Gasteiger partial charge in [-0.05, 0) is 63.4 Å². The summed E-state index contributed by atoms with van der Waals surface area (Å²) in [4.78, 5) is 19.9. The first kappa shape index (κ1) is 21.4. The van der Waals surface area contributed by atoms with Crippen molar-refractivity contribution >= 4 is 17.5 Å². The Bertz CT molecular complexity index is 841. The van der Waals surface area contributed by atoms with E-state index in [1.165, 1.54) is 25.7 Å². The molecule has 30 heavy (non-hydrogen) atoms. The Morgan fingerprint density at radius 3 is 2.60 bits per heavy atom. The van der Waals surface area contributed by atoms with Gasteiger partial charge in [0.1, 0.15) is 5.76 Å².